The van der Waals surface area contributed by atoms with Gasteiger partial charge in [-0.05, 0) is 40.9 Å². The second-order valence-corrected chi connectivity index (χ2v) is 6.22. The topological polar surface area (TPSA) is 0 Å². The zero-order chi connectivity index (χ0) is 12.8. The minimum absolute atomic E-state index is 0.287. The van der Waals surface area contributed by atoms with Crippen LogP contribution in [0.2, 0.25) is 0 Å². The molecule has 2 aliphatic carbocycles. The fourth-order valence-corrected chi connectivity index (χ4v) is 3.68. The molecule has 18 heavy (non-hydrogen) atoms. The van der Waals surface area contributed by atoms with E-state index in [4.69, 9.17) is 0 Å². The summed E-state index contributed by atoms with van der Waals surface area (Å²) in [5.41, 5.74) is 6.50. The van der Waals surface area contributed by atoms with Gasteiger partial charge in [-0.25, -0.2) is 0 Å². The van der Waals surface area contributed by atoms with E-state index >= 15 is 0 Å². The van der Waals surface area contributed by atoms with Crippen LogP contribution in [0.1, 0.15) is 51.2 Å². The van der Waals surface area contributed by atoms with Gasteiger partial charge in [0.15, 0.2) is 0 Å². The lowest BCUT2D eigenvalue weighted by Gasteiger charge is -2.31. The molecule has 0 aromatic heterocycles. The predicted octanol–water partition coefficient (Wildman–Crippen LogP) is 5.11. The Bertz CT molecular complexity index is 529. The quantitative estimate of drug-likeness (QED) is 0.672. The van der Waals surface area contributed by atoms with Crippen LogP contribution in [0.4, 0.5) is 0 Å². The average molecular weight is 238 g/mol. The van der Waals surface area contributed by atoms with Crippen LogP contribution >= 0.6 is 0 Å². The maximum Gasteiger partial charge on any atom is -0.00256 e. The molecule has 0 fully saturated rings. The maximum absolute atomic E-state index is 2.41. The van der Waals surface area contributed by atoms with E-state index < -0.39 is 0 Å². The molecule has 94 valence electrons. The second-order valence-electron chi connectivity index (χ2n) is 6.22. The van der Waals surface area contributed by atoms with Crippen LogP contribution in [0.5, 0.6) is 0 Å². The molecule has 0 radical (unpaired) electrons. The van der Waals surface area contributed by atoms with Crippen molar-refractivity contribution < 1.29 is 0 Å². The van der Waals surface area contributed by atoms with Crippen molar-refractivity contribution in [3.63, 3.8) is 0 Å². The van der Waals surface area contributed by atoms with Crippen molar-refractivity contribution in [2.75, 3.05) is 0 Å². The Balaban J connectivity index is 2.08. The van der Waals surface area contributed by atoms with Crippen molar-refractivity contribution in [3.8, 4) is 0 Å². The predicted molar refractivity (Wildman–Crippen MR) is 78.5 cm³/mol. The minimum atomic E-state index is 0.287. The highest BCUT2D eigenvalue weighted by Gasteiger charge is 2.43. The van der Waals surface area contributed by atoms with Gasteiger partial charge in [0.1, 0.15) is 0 Å². The fraction of sp³-hybridized carbons (Fsp3) is 0.444. The normalized spacial score (nSPS) is 24.1. The second kappa shape index (κ2) is 4.12. The third-order valence-electron chi connectivity index (χ3n) is 4.71. The Morgan fingerprint density at radius 2 is 1.94 bits per heavy atom. The molecule has 0 nitrogen and oxygen atoms in total. The summed E-state index contributed by atoms with van der Waals surface area (Å²) in [5.74, 6) is 0.682. The third-order valence-corrected chi connectivity index (χ3v) is 4.71. The van der Waals surface area contributed by atoms with Gasteiger partial charge in [0.05, 0.1) is 0 Å². The first-order valence-electron chi connectivity index (χ1n) is 7.14. The number of benzene rings is 1. The zero-order valence-electron chi connectivity index (χ0n) is 11.7. The molecule has 1 aromatic carbocycles. The molecule has 0 saturated heterocycles. The van der Waals surface area contributed by atoms with E-state index in [1.807, 2.05) is 0 Å². The van der Waals surface area contributed by atoms with Crippen LogP contribution < -0.4 is 0 Å². The van der Waals surface area contributed by atoms with Crippen molar-refractivity contribution in [2.45, 2.75) is 45.4 Å². The van der Waals surface area contributed by atoms with E-state index in [0.717, 1.165) is 0 Å². The van der Waals surface area contributed by atoms with Gasteiger partial charge in [-0.15, -0.1) is 0 Å². The van der Waals surface area contributed by atoms with E-state index in [0.29, 0.717) is 5.92 Å². The molecule has 0 saturated carbocycles. The van der Waals surface area contributed by atoms with Gasteiger partial charge in [-0.2, -0.15) is 0 Å². The van der Waals surface area contributed by atoms with Crippen LogP contribution in [0.15, 0.2) is 42.0 Å². The van der Waals surface area contributed by atoms with Gasteiger partial charge in [0.25, 0.3) is 0 Å². The molecule has 0 heterocycles. The Hall–Kier alpha value is -1.30. The molecule has 1 unspecified atom stereocenters. The standard InChI is InChI=1S/C18H22/c1-4-7-13-10-11-15-14-8-5-6-9-16(14)18(2,3)17(15)12-13/h5-6,8-11,17H,4,7,12H2,1-3H3. The fourth-order valence-electron chi connectivity index (χ4n) is 3.68. The zero-order valence-corrected chi connectivity index (χ0v) is 11.7. The molecule has 2 aliphatic rings. The minimum Gasteiger partial charge on any atom is -0.0696 e. The smallest absolute Gasteiger partial charge is 0.00256 e. The van der Waals surface area contributed by atoms with Crippen molar-refractivity contribution in [2.24, 2.45) is 5.92 Å². The SMILES string of the molecule is CCCC1=CC=C2c3ccccc3C(C)(C)C2C1. The Kier molecular flexibility index (Phi) is 2.69. The largest absolute Gasteiger partial charge is 0.0696 e. The number of hydrogen-bond acceptors (Lipinski definition) is 0. The number of allylic oxidation sites excluding steroid dienone is 4. The lowest BCUT2D eigenvalue weighted by molar-refractivity contribution is 0.404. The van der Waals surface area contributed by atoms with Gasteiger partial charge in [-0.3, -0.25) is 0 Å². The van der Waals surface area contributed by atoms with E-state index in [1.54, 1.807) is 11.1 Å². The summed E-state index contributed by atoms with van der Waals surface area (Å²) in [4.78, 5) is 0. The molecule has 0 spiro atoms. The highest BCUT2D eigenvalue weighted by atomic mass is 14.5. The van der Waals surface area contributed by atoms with Crippen molar-refractivity contribution in [3.05, 3.63) is 53.1 Å². The molecule has 0 N–H and O–H groups in total. The van der Waals surface area contributed by atoms with Crippen molar-refractivity contribution in [1.82, 2.24) is 0 Å². The van der Waals surface area contributed by atoms with Crippen molar-refractivity contribution in [1.29, 1.82) is 0 Å². The monoisotopic (exact) mass is 238 g/mol. The Morgan fingerprint density at radius 3 is 2.72 bits per heavy atom. The molecular weight excluding hydrogens is 216 g/mol. The van der Waals surface area contributed by atoms with Gasteiger partial charge in [0, 0.05) is 0 Å². The third kappa shape index (κ3) is 1.59. The maximum atomic E-state index is 2.41. The van der Waals surface area contributed by atoms with Crippen molar-refractivity contribution >= 4 is 5.57 Å². The number of hydrogen-bond donors (Lipinski definition) is 0. The summed E-state index contributed by atoms with van der Waals surface area (Å²) in [6, 6.07) is 8.96. The van der Waals surface area contributed by atoms with Gasteiger partial charge < -0.3 is 0 Å². The lowest BCUT2D eigenvalue weighted by atomic mass is 9.72. The summed E-state index contributed by atoms with van der Waals surface area (Å²) in [6.45, 7) is 7.09. The summed E-state index contributed by atoms with van der Waals surface area (Å²) in [7, 11) is 0. The lowest BCUT2D eigenvalue weighted by Crippen LogP contribution is -2.25. The van der Waals surface area contributed by atoms with Crippen LogP contribution in [-0.4, -0.2) is 0 Å². The first kappa shape index (κ1) is 11.8. The van der Waals surface area contributed by atoms with Crippen LogP contribution in [0, 0.1) is 5.92 Å². The molecule has 0 heteroatoms. The molecule has 1 aromatic rings. The highest BCUT2D eigenvalue weighted by Crippen LogP contribution is 2.53. The molecule has 0 aliphatic heterocycles. The first-order valence-corrected chi connectivity index (χ1v) is 7.14. The molecule has 1 atom stereocenters. The van der Waals surface area contributed by atoms with Gasteiger partial charge in [-0.1, -0.05) is 69.2 Å². The molecule has 0 amide bonds. The Morgan fingerprint density at radius 1 is 1.17 bits per heavy atom. The van der Waals surface area contributed by atoms with Crippen LogP contribution in [0.25, 0.3) is 5.57 Å². The number of rotatable bonds is 2. The van der Waals surface area contributed by atoms with E-state index in [1.165, 1.54) is 30.4 Å². The first-order chi connectivity index (χ1) is 8.64. The number of fused-ring (bicyclic) bond motifs is 3. The summed E-state index contributed by atoms with van der Waals surface area (Å²) in [5, 5.41) is 0. The molecular formula is C18H22. The van der Waals surface area contributed by atoms with E-state index in [9.17, 15) is 0 Å². The average Bonchev–Trinajstić information content (AvgIpc) is 2.60. The summed E-state index contributed by atoms with van der Waals surface area (Å²) in [6.07, 6.45) is 8.52. The van der Waals surface area contributed by atoms with E-state index in [-0.39, 0.29) is 5.41 Å². The van der Waals surface area contributed by atoms with Gasteiger partial charge in [0.2, 0.25) is 0 Å². The summed E-state index contributed by atoms with van der Waals surface area (Å²) >= 11 is 0. The Labute approximate surface area is 110 Å². The summed E-state index contributed by atoms with van der Waals surface area (Å²) < 4.78 is 0. The highest BCUT2D eigenvalue weighted by molar-refractivity contribution is 5.79. The molecule has 0 bridgehead atoms. The molecule has 3 rings (SSSR count). The van der Waals surface area contributed by atoms with Crippen LogP contribution in [-0.2, 0) is 5.41 Å². The van der Waals surface area contributed by atoms with Gasteiger partial charge >= 0.3 is 0 Å². The van der Waals surface area contributed by atoms with Crippen LogP contribution in [0.3, 0.4) is 0 Å². The van der Waals surface area contributed by atoms with E-state index in [2.05, 4.69) is 57.2 Å².